The van der Waals surface area contributed by atoms with Gasteiger partial charge < -0.3 is 10.8 Å². The van der Waals surface area contributed by atoms with Crippen molar-refractivity contribution in [3.63, 3.8) is 0 Å². The largest absolute Gasteiger partial charge is 0.508 e. The molecule has 1 heterocycles. The molecule has 0 spiro atoms. The van der Waals surface area contributed by atoms with E-state index in [1.165, 1.54) is 24.3 Å². The number of hydrogen-bond donors (Lipinski definition) is 2. The van der Waals surface area contributed by atoms with Crippen LogP contribution in [0.4, 0.5) is 18.9 Å². The third-order valence-electron chi connectivity index (χ3n) is 2.16. The number of halogens is 3. The monoisotopic (exact) mass is 243 g/mol. The van der Waals surface area contributed by atoms with Crippen LogP contribution < -0.4 is 5.73 Å². The van der Waals surface area contributed by atoms with E-state index in [-0.39, 0.29) is 11.4 Å². The number of alkyl halides is 3. The zero-order valence-corrected chi connectivity index (χ0v) is 8.44. The third kappa shape index (κ3) is 2.03. The molecule has 1 aromatic heterocycles. The highest BCUT2D eigenvalue weighted by molar-refractivity contribution is 5.48. The standard InChI is InChI=1S/C10H8F3N3O/c11-10(12,13)9-8(14)5-15-16(9)6-1-3-7(17)4-2-6/h1-5,17H,14H2. The molecule has 0 bridgehead atoms. The molecule has 0 radical (unpaired) electrons. The van der Waals surface area contributed by atoms with E-state index < -0.39 is 17.6 Å². The second kappa shape index (κ2) is 3.69. The Hall–Kier alpha value is -2.18. The van der Waals surface area contributed by atoms with Crippen molar-refractivity contribution in [2.75, 3.05) is 5.73 Å². The van der Waals surface area contributed by atoms with Crippen LogP contribution in [-0.4, -0.2) is 14.9 Å². The quantitative estimate of drug-likeness (QED) is 0.806. The van der Waals surface area contributed by atoms with Gasteiger partial charge in [-0.05, 0) is 24.3 Å². The summed E-state index contributed by atoms with van der Waals surface area (Å²) >= 11 is 0. The maximum atomic E-state index is 12.7. The van der Waals surface area contributed by atoms with E-state index in [9.17, 15) is 13.2 Å². The lowest BCUT2D eigenvalue weighted by Crippen LogP contribution is -2.15. The van der Waals surface area contributed by atoms with Gasteiger partial charge in [-0.3, -0.25) is 0 Å². The predicted molar refractivity (Wildman–Crippen MR) is 54.6 cm³/mol. The molecular weight excluding hydrogens is 235 g/mol. The normalized spacial score (nSPS) is 11.7. The first-order chi connectivity index (χ1) is 7.89. The van der Waals surface area contributed by atoms with Crippen LogP contribution in [-0.2, 0) is 6.18 Å². The Balaban J connectivity index is 2.57. The molecule has 0 unspecified atom stereocenters. The lowest BCUT2D eigenvalue weighted by Gasteiger charge is -2.11. The number of hydrogen-bond acceptors (Lipinski definition) is 3. The van der Waals surface area contributed by atoms with Gasteiger partial charge >= 0.3 is 6.18 Å². The maximum Gasteiger partial charge on any atom is 0.435 e. The van der Waals surface area contributed by atoms with Gasteiger partial charge in [-0.25, -0.2) is 4.68 Å². The Labute approximate surface area is 94.1 Å². The minimum Gasteiger partial charge on any atom is -0.508 e. The number of phenolic OH excluding ortho intramolecular Hbond substituents is 1. The van der Waals surface area contributed by atoms with E-state index >= 15 is 0 Å². The van der Waals surface area contributed by atoms with E-state index in [1.807, 2.05) is 0 Å². The Morgan fingerprint density at radius 1 is 1.18 bits per heavy atom. The number of aromatic hydroxyl groups is 1. The first kappa shape index (κ1) is 11.3. The van der Waals surface area contributed by atoms with Crippen molar-refractivity contribution in [3.05, 3.63) is 36.2 Å². The zero-order valence-electron chi connectivity index (χ0n) is 8.44. The molecule has 0 amide bonds. The van der Waals surface area contributed by atoms with Gasteiger partial charge in [0.1, 0.15) is 5.75 Å². The summed E-state index contributed by atoms with van der Waals surface area (Å²) in [6, 6.07) is 5.18. The number of nitrogens with zero attached hydrogens (tertiary/aromatic N) is 2. The minimum atomic E-state index is -4.58. The number of nitrogen functional groups attached to an aromatic ring is 1. The maximum absolute atomic E-state index is 12.7. The van der Waals surface area contributed by atoms with Gasteiger partial charge in [0.15, 0.2) is 5.69 Å². The SMILES string of the molecule is Nc1cnn(-c2ccc(O)cc2)c1C(F)(F)F. The molecule has 0 fully saturated rings. The molecule has 2 aromatic rings. The summed E-state index contributed by atoms with van der Waals surface area (Å²) in [5.74, 6) is -0.0394. The fourth-order valence-corrected chi connectivity index (χ4v) is 1.43. The summed E-state index contributed by atoms with van der Waals surface area (Å²) in [5, 5.41) is 12.6. The smallest absolute Gasteiger partial charge is 0.435 e. The molecule has 3 N–H and O–H groups in total. The fourth-order valence-electron chi connectivity index (χ4n) is 1.43. The number of benzene rings is 1. The average Bonchev–Trinajstić information content (AvgIpc) is 2.61. The summed E-state index contributed by atoms with van der Waals surface area (Å²) in [4.78, 5) is 0. The summed E-state index contributed by atoms with van der Waals surface area (Å²) in [7, 11) is 0. The topological polar surface area (TPSA) is 64.1 Å². The van der Waals surface area contributed by atoms with E-state index in [0.29, 0.717) is 4.68 Å². The zero-order chi connectivity index (χ0) is 12.6. The number of nitrogens with two attached hydrogens (primary N) is 1. The van der Waals surface area contributed by atoms with Crippen LogP contribution in [0.2, 0.25) is 0 Å². The van der Waals surface area contributed by atoms with Crippen molar-refractivity contribution >= 4 is 5.69 Å². The summed E-state index contributed by atoms with van der Waals surface area (Å²) < 4.78 is 38.8. The van der Waals surface area contributed by atoms with Gasteiger partial charge in [-0.15, -0.1) is 0 Å². The summed E-state index contributed by atoms with van der Waals surface area (Å²) in [6.45, 7) is 0. The lowest BCUT2D eigenvalue weighted by molar-refractivity contribution is -0.142. The third-order valence-corrected chi connectivity index (χ3v) is 2.16. The molecule has 4 nitrogen and oxygen atoms in total. The number of rotatable bonds is 1. The second-order valence-electron chi connectivity index (χ2n) is 3.37. The van der Waals surface area contributed by atoms with Crippen molar-refractivity contribution in [2.24, 2.45) is 0 Å². The number of phenols is 1. The van der Waals surface area contributed by atoms with Crippen LogP contribution in [0.15, 0.2) is 30.5 Å². The Bertz CT molecular complexity index is 531. The molecule has 90 valence electrons. The van der Waals surface area contributed by atoms with Crippen LogP contribution in [0.5, 0.6) is 5.75 Å². The van der Waals surface area contributed by atoms with Crippen molar-refractivity contribution < 1.29 is 18.3 Å². The van der Waals surface area contributed by atoms with Crippen LogP contribution >= 0.6 is 0 Å². The number of aromatic nitrogens is 2. The molecule has 7 heteroatoms. The van der Waals surface area contributed by atoms with E-state index in [0.717, 1.165) is 6.20 Å². The van der Waals surface area contributed by atoms with Crippen LogP contribution in [0.3, 0.4) is 0 Å². The molecule has 17 heavy (non-hydrogen) atoms. The second-order valence-corrected chi connectivity index (χ2v) is 3.37. The van der Waals surface area contributed by atoms with Gasteiger partial charge in [0.05, 0.1) is 17.6 Å². The van der Waals surface area contributed by atoms with Crippen molar-refractivity contribution in [1.82, 2.24) is 9.78 Å². The van der Waals surface area contributed by atoms with Crippen molar-refractivity contribution in [2.45, 2.75) is 6.18 Å². The van der Waals surface area contributed by atoms with Gasteiger partial charge in [-0.2, -0.15) is 18.3 Å². The Morgan fingerprint density at radius 3 is 2.29 bits per heavy atom. The molecule has 1 aromatic carbocycles. The average molecular weight is 243 g/mol. The first-order valence-corrected chi connectivity index (χ1v) is 4.59. The molecule has 0 atom stereocenters. The molecule has 0 saturated heterocycles. The van der Waals surface area contributed by atoms with Crippen LogP contribution in [0, 0.1) is 0 Å². The molecule has 0 aliphatic heterocycles. The van der Waals surface area contributed by atoms with Crippen LogP contribution in [0.25, 0.3) is 5.69 Å². The van der Waals surface area contributed by atoms with Crippen molar-refractivity contribution in [3.8, 4) is 11.4 Å². The predicted octanol–water partition coefficient (Wildman–Crippen LogP) is 2.18. The summed E-state index contributed by atoms with van der Waals surface area (Å²) in [5.41, 5.74) is 3.95. The lowest BCUT2D eigenvalue weighted by atomic mass is 10.3. The molecule has 0 aliphatic rings. The highest BCUT2D eigenvalue weighted by atomic mass is 19.4. The van der Waals surface area contributed by atoms with Crippen molar-refractivity contribution in [1.29, 1.82) is 0 Å². The molecular formula is C10H8F3N3O. The van der Waals surface area contributed by atoms with Gasteiger partial charge in [0, 0.05) is 0 Å². The van der Waals surface area contributed by atoms with Gasteiger partial charge in [0.25, 0.3) is 0 Å². The van der Waals surface area contributed by atoms with Gasteiger partial charge in [0.2, 0.25) is 0 Å². The Kier molecular flexibility index (Phi) is 2.45. The number of anilines is 1. The van der Waals surface area contributed by atoms with E-state index in [4.69, 9.17) is 10.8 Å². The molecule has 2 rings (SSSR count). The van der Waals surface area contributed by atoms with E-state index in [2.05, 4.69) is 5.10 Å². The van der Waals surface area contributed by atoms with E-state index in [1.54, 1.807) is 0 Å². The highest BCUT2D eigenvalue weighted by Gasteiger charge is 2.38. The molecule has 0 aliphatic carbocycles. The highest BCUT2D eigenvalue weighted by Crippen LogP contribution is 2.34. The minimum absolute atomic E-state index is 0.0394. The van der Waals surface area contributed by atoms with Gasteiger partial charge in [-0.1, -0.05) is 0 Å². The Morgan fingerprint density at radius 2 is 1.76 bits per heavy atom. The fraction of sp³-hybridized carbons (Fsp3) is 0.100. The summed E-state index contributed by atoms with van der Waals surface area (Å²) in [6.07, 6.45) is -3.64. The van der Waals surface area contributed by atoms with Crippen LogP contribution in [0.1, 0.15) is 5.69 Å². The molecule has 0 saturated carbocycles. The first-order valence-electron chi connectivity index (χ1n) is 4.59.